The number of hydrogen-bond acceptors (Lipinski definition) is 4. The Morgan fingerprint density at radius 1 is 1.34 bits per heavy atom. The summed E-state index contributed by atoms with van der Waals surface area (Å²) in [5.41, 5.74) is 4.85. The van der Waals surface area contributed by atoms with Gasteiger partial charge in [-0.25, -0.2) is 0 Å². The Morgan fingerprint density at radius 3 is 2.72 bits per heavy atom. The normalized spacial score (nSPS) is 12.7. The fraction of sp³-hybridized carbons (Fsp3) is 0.385. The number of para-hydroxylation sites is 1. The monoisotopic (exact) mass is 433 g/mol. The Bertz CT molecular complexity index is 1190. The molecule has 3 aromatic rings. The van der Waals surface area contributed by atoms with Crippen LogP contribution in [0.5, 0.6) is 0 Å². The van der Waals surface area contributed by atoms with Gasteiger partial charge >= 0.3 is 0 Å². The average molecular weight is 434 g/mol. The van der Waals surface area contributed by atoms with Crippen molar-refractivity contribution in [1.82, 2.24) is 9.47 Å². The number of benzene rings is 1. The zero-order valence-electron chi connectivity index (χ0n) is 19.7. The van der Waals surface area contributed by atoms with Gasteiger partial charge in [-0.2, -0.15) is 5.26 Å². The van der Waals surface area contributed by atoms with E-state index in [0.717, 1.165) is 45.7 Å². The van der Waals surface area contributed by atoms with Crippen LogP contribution < -0.4 is 0 Å². The first-order valence-electron chi connectivity index (χ1n) is 10.9. The number of aromatic nitrogens is 1. The summed E-state index contributed by atoms with van der Waals surface area (Å²) in [6, 6.07) is 12.1. The zero-order chi connectivity index (χ0) is 23.4. The average Bonchev–Trinajstić information content (AvgIpc) is 3.27. The van der Waals surface area contributed by atoms with Crippen LogP contribution in [0.1, 0.15) is 48.2 Å². The quantitative estimate of drug-likeness (QED) is 0.362. The predicted molar refractivity (Wildman–Crippen MR) is 126 cm³/mol. The SMILES string of the molecule is CCc1oc2ccccc2c1CN(C)C(=O)/C(C#N)=C/c1cc(C)n(C(C)COC)c1C. The minimum atomic E-state index is -0.311. The molecule has 1 amide bonds. The molecule has 0 aliphatic rings. The standard InChI is InChI=1S/C26H31N3O3/c1-7-24-23(22-10-8-9-11-25(22)32-24)15-28(5)26(30)21(14-27)13-20-12-17(2)29(19(20)4)18(3)16-31-6/h8-13,18H,7,15-16H2,1-6H3/b21-13+. The van der Waals surface area contributed by atoms with Crippen molar-refractivity contribution in [2.24, 2.45) is 0 Å². The van der Waals surface area contributed by atoms with E-state index in [4.69, 9.17) is 9.15 Å². The summed E-state index contributed by atoms with van der Waals surface area (Å²) >= 11 is 0. The number of hydrogen-bond donors (Lipinski definition) is 0. The third-order valence-electron chi connectivity index (χ3n) is 5.87. The van der Waals surface area contributed by atoms with Gasteiger partial charge in [-0.3, -0.25) is 4.79 Å². The molecule has 0 saturated heterocycles. The molecule has 168 valence electrons. The van der Waals surface area contributed by atoms with E-state index in [1.54, 1.807) is 25.1 Å². The lowest BCUT2D eigenvalue weighted by Gasteiger charge is -2.18. The molecule has 0 aliphatic carbocycles. The number of rotatable bonds is 8. The topological polar surface area (TPSA) is 71.4 Å². The lowest BCUT2D eigenvalue weighted by molar-refractivity contribution is -0.125. The molecule has 6 heteroatoms. The summed E-state index contributed by atoms with van der Waals surface area (Å²) in [5, 5.41) is 10.8. The molecule has 2 heterocycles. The van der Waals surface area contributed by atoms with Crippen molar-refractivity contribution in [3.05, 3.63) is 64.2 Å². The van der Waals surface area contributed by atoms with Crippen LogP contribution in [0.4, 0.5) is 0 Å². The van der Waals surface area contributed by atoms with E-state index < -0.39 is 0 Å². The van der Waals surface area contributed by atoms with E-state index in [1.807, 2.05) is 51.1 Å². The van der Waals surface area contributed by atoms with Gasteiger partial charge in [0, 0.05) is 49.5 Å². The van der Waals surface area contributed by atoms with Crippen LogP contribution in [0.2, 0.25) is 0 Å². The number of nitriles is 1. The molecule has 0 aliphatic heterocycles. The maximum Gasteiger partial charge on any atom is 0.264 e. The maximum absolute atomic E-state index is 13.2. The molecule has 2 aromatic heterocycles. The van der Waals surface area contributed by atoms with Crippen LogP contribution in [0.15, 0.2) is 40.3 Å². The third-order valence-corrected chi connectivity index (χ3v) is 5.87. The molecule has 6 nitrogen and oxygen atoms in total. The van der Waals surface area contributed by atoms with E-state index in [-0.39, 0.29) is 17.5 Å². The number of carbonyl (C=O) groups excluding carboxylic acids is 1. The molecule has 0 spiro atoms. The second-order valence-electron chi connectivity index (χ2n) is 8.19. The van der Waals surface area contributed by atoms with Crippen molar-refractivity contribution in [1.29, 1.82) is 5.26 Å². The van der Waals surface area contributed by atoms with Crippen molar-refractivity contribution >= 4 is 23.0 Å². The molecule has 0 N–H and O–H groups in total. The number of carbonyl (C=O) groups is 1. The van der Waals surface area contributed by atoms with Gasteiger partial charge in [0.05, 0.1) is 12.6 Å². The number of methoxy groups -OCH3 is 1. The van der Waals surface area contributed by atoms with Gasteiger partial charge in [-0.1, -0.05) is 25.1 Å². The summed E-state index contributed by atoms with van der Waals surface area (Å²) in [6.07, 6.45) is 2.42. The highest BCUT2D eigenvalue weighted by molar-refractivity contribution is 6.01. The van der Waals surface area contributed by atoms with E-state index in [0.29, 0.717) is 13.2 Å². The van der Waals surface area contributed by atoms with Crippen molar-refractivity contribution < 1.29 is 13.9 Å². The Kier molecular flexibility index (Phi) is 7.22. The molecule has 1 unspecified atom stereocenters. The van der Waals surface area contributed by atoms with Gasteiger partial charge in [-0.15, -0.1) is 0 Å². The van der Waals surface area contributed by atoms with E-state index in [9.17, 15) is 10.1 Å². The summed E-state index contributed by atoms with van der Waals surface area (Å²) in [5.74, 6) is 0.554. The summed E-state index contributed by atoms with van der Waals surface area (Å²) in [6.45, 7) is 9.10. The number of aryl methyl sites for hydroxylation is 2. The van der Waals surface area contributed by atoms with E-state index in [1.165, 1.54) is 0 Å². The minimum absolute atomic E-state index is 0.109. The van der Waals surface area contributed by atoms with Crippen molar-refractivity contribution in [3.63, 3.8) is 0 Å². The van der Waals surface area contributed by atoms with Crippen molar-refractivity contribution in [2.75, 3.05) is 20.8 Å². The van der Waals surface area contributed by atoms with Crippen LogP contribution >= 0.6 is 0 Å². The highest BCUT2D eigenvalue weighted by Gasteiger charge is 2.21. The highest BCUT2D eigenvalue weighted by Crippen LogP contribution is 2.28. The second-order valence-corrected chi connectivity index (χ2v) is 8.19. The lowest BCUT2D eigenvalue weighted by atomic mass is 10.1. The van der Waals surface area contributed by atoms with Gasteiger partial charge in [0.15, 0.2) is 0 Å². The van der Waals surface area contributed by atoms with Gasteiger partial charge < -0.3 is 18.6 Å². The molecule has 0 bridgehead atoms. The first kappa shape index (κ1) is 23.4. The van der Waals surface area contributed by atoms with Crippen molar-refractivity contribution in [3.8, 4) is 6.07 Å². The number of ether oxygens (including phenoxy) is 1. The highest BCUT2D eigenvalue weighted by atomic mass is 16.5. The first-order valence-corrected chi connectivity index (χ1v) is 10.9. The largest absolute Gasteiger partial charge is 0.461 e. The number of furan rings is 1. The van der Waals surface area contributed by atoms with Gasteiger partial charge in [-0.05, 0) is 44.5 Å². The van der Waals surface area contributed by atoms with Gasteiger partial charge in [0.2, 0.25) is 0 Å². The molecule has 1 aromatic carbocycles. The molecule has 32 heavy (non-hydrogen) atoms. The molecule has 1 atom stereocenters. The predicted octanol–water partition coefficient (Wildman–Crippen LogP) is 5.19. The lowest BCUT2D eigenvalue weighted by Crippen LogP contribution is -2.27. The van der Waals surface area contributed by atoms with Crippen LogP contribution in [-0.2, 0) is 22.5 Å². The molecule has 3 rings (SSSR count). The third kappa shape index (κ3) is 4.49. The number of fused-ring (bicyclic) bond motifs is 1. The van der Waals surface area contributed by atoms with Crippen LogP contribution in [0.25, 0.3) is 17.0 Å². The zero-order valence-corrected chi connectivity index (χ0v) is 19.7. The summed E-state index contributed by atoms with van der Waals surface area (Å²) in [7, 11) is 3.40. The molecular formula is C26H31N3O3. The summed E-state index contributed by atoms with van der Waals surface area (Å²) < 4.78 is 13.4. The fourth-order valence-electron chi connectivity index (χ4n) is 4.36. The van der Waals surface area contributed by atoms with Crippen molar-refractivity contribution in [2.45, 2.75) is 46.7 Å². The fourth-order valence-corrected chi connectivity index (χ4v) is 4.36. The molecule has 0 saturated carbocycles. The Morgan fingerprint density at radius 2 is 2.06 bits per heavy atom. The molecule has 0 radical (unpaired) electrons. The number of likely N-dealkylation sites (N-methyl/N-ethyl adjacent to an activating group) is 1. The Balaban J connectivity index is 1.89. The van der Waals surface area contributed by atoms with Gasteiger partial charge in [0.1, 0.15) is 23.0 Å². The van der Waals surface area contributed by atoms with Crippen LogP contribution in [-0.4, -0.2) is 36.1 Å². The van der Waals surface area contributed by atoms with Crippen LogP contribution in [0, 0.1) is 25.2 Å². The second kappa shape index (κ2) is 9.88. The Labute approximate surface area is 189 Å². The smallest absolute Gasteiger partial charge is 0.264 e. The number of nitrogens with zero attached hydrogens (tertiary/aromatic N) is 3. The maximum atomic E-state index is 13.2. The molecule has 0 fully saturated rings. The van der Waals surface area contributed by atoms with Crippen LogP contribution in [0.3, 0.4) is 0 Å². The minimum Gasteiger partial charge on any atom is -0.461 e. The van der Waals surface area contributed by atoms with Gasteiger partial charge in [0.25, 0.3) is 5.91 Å². The summed E-state index contributed by atoms with van der Waals surface area (Å²) in [4.78, 5) is 14.7. The molecular weight excluding hydrogens is 402 g/mol. The Hall–Kier alpha value is -3.30. The number of amides is 1. The van der Waals surface area contributed by atoms with E-state index in [2.05, 4.69) is 17.6 Å². The van der Waals surface area contributed by atoms with E-state index >= 15 is 0 Å². The first-order chi connectivity index (χ1) is 15.3.